The van der Waals surface area contributed by atoms with Crippen molar-refractivity contribution in [2.45, 2.75) is 0 Å². The summed E-state index contributed by atoms with van der Waals surface area (Å²) < 4.78 is 11.1. The smallest absolute Gasteiger partial charge is 0.227 e. The SMILES string of the molecule is c1ccc(-c2nc(-c3cccc4sc5ccc(-c6cccc7nc(-c8ccccc8)oc67)cc5c34)nc(-c3cccc4c3c3ccccc3n4-c3ccccc3)n2)cc1. The van der Waals surface area contributed by atoms with Crippen LogP contribution in [0.25, 0.3) is 116 Å². The summed E-state index contributed by atoms with van der Waals surface area (Å²) in [6, 6.07) is 65.0. The Bertz CT molecular complexity index is 3550. The van der Waals surface area contributed by atoms with Crippen LogP contribution in [0.3, 0.4) is 0 Å². The normalized spacial score (nSPS) is 11.7. The van der Waals surface area contributed by atoms with Gasteiger partial charge in [-0.3, -0.25) is 0 Å². The van der Waals surface area contributed by atoms with Gasteiger partial charge in [0.05, 0.1) is 11.0 Å². The molecule has 0 saturated carbocycles. The maximum atomic E-state index is 6.47. The molecule has 0 unspecified atom stereocenters. The summed E-state index contributed by atoms with van der Waals surface area (Å²) in [5.41, 5.74) is 10.7. The first-order valence-corrected chi connectivity index (χ1v) is 20.4. The predicted molar refractivity (Wildman–Crippen MR) is 242 cm³/mol. The maximum absolute atomic E-state index is 6.47. The van der Waals surface area contributed by atoms with Crippen molar-refractivity contribution in [3.05, 3.63) is 188 Å². The summed E-state index contributed by atoms with van der Waals surface area (Å²) in [6.07, 6.45) is 0. The van der Waals surface area contributed by atoms with Crippen LogP contribution < -0.4 is 0 Å². The van der Waals surface area contributed by atoms with Gasteiger partial charge in [0.15, 0.2) is 23.1 Å². The minimum atomic E-state index is 0.609. The highest BCUT2D eigenvalue weighted by molar-refractivity contribution is 7.26. The second-order valence-corrected chi connectivity index (χ2v) is 15.7. The molecule has 0 saturated heterocycles. The van der Waals surface area contributed by atoms with E-state index in [2.05, 4.69) is 132 Å². The lowest BCUT2D eigenvalue weighted by Crippen LogP contribution is -2.01. The third kappa shape index (κ3) is 5.47. The van der Waals surface area contributed by atoms with Crippen LogP contribution in [0.4, 0.5) is 0 Å². The minimum Gasteiger partial charge on any atom is -0.435 e. The summed E-state index contributed by atoms with van der Waals surface area (Å²) in [7, 11) is 0. The number of aromatic nitrogens is 5. The van der Waals surface area contributed by atoms with Gasteiger partial charge in [-0.25, -0.2) is 19.9 Å². The highest BCUT2D eigenvalue weighted by Gasteiger charge is 2.22. The monoisotopic (exact) mass is 773 g/mol. The van der Waals surface area contributed by atoms with Crippen LogP contribution in [0.2, 0.25) is 0 Å². The number of para-hydroxylation sites is 3. The maximum Gasteiger partial charge on any atom is 0.227 e. The second kappa shape index (κ2) is 13.4. The molecule has 4 aromatic heterocycles. The summed E-state index contributed by atoms with van der Waals surface area (Å²) in [6.45, 7) is 0. The van der Waals surface area contributed by atoms with Crippen molar-refractivity contribution in [2.75, 3.05) is 0 Å². The van der Waals surface area contributed by atoms with Gasteiger partial charge in [-0.05, 0) is 66.2 Å². The molecule has 8 aromatic carbocycles. The molecule has 7 heteroatoms. The molecule has 4 heterocycles. The van der Waals surface area contributed by atoms with E-state index in [1.807, 2.05) is 60.7 Å². The van der Waals surface area contributed by atoms with Crippen LogP contribution in [0, 0.1) is 0 Å². The molecule has 0 aliphatic rings. The third-order valence-electron chi connectivity index (χ3n) is 11.1. The second-order valence-electron chi connectivity index (χ2n) is 14.6. The number of hydrogen-bond donors (Lipinski definition) is 0. The molecule has 0 N–H and O–H groups in total. The Hall–Kier alpha value is -7.74. The number of oxazole rings is 1. The lowest BCUT2D eigenvalue weighted by atomic mass is 10.00. The molecule has 0 spiro atoms. The molecule has 0 aliphatic carbocycles. The van der Waals surface area contributed by atoms with E-state index in [1.165, 1.54) is 4.70 Å². The Morgan fingerprint density at radius 2 is 1.03 bits per heavy atom. The van der Waals surface area contributed by atoms with Gasteiger partial charge >= 0.3 is 0 Å². The van der Waals surface area contributed by atoms with Gasteiger partial charge in [0.2, 0.25) is 5.89 Å². The van der Waals surface area contributed by atoms with Crippen LogP contribution in [-0.2, 0) is 0 Å². The van der Waals surface area contributed by atoms with E-state index in [0.29, 0.717) is 23.4 Å². The Balaban J connectivity index is 1.08. The molecule has 0 radical (unpaired) electrons. The van der Waals surface area contributed by atoms with Crippen molar-refractivity contribution in [1.82, 2.24) is 24.5 Å². The number of benzene rings is 8. The number of nitrogens with zero attached hydrogens (tertiary/aromatic N) is 5. The molecule has 276 valence electrons. The van der Waals surface area contributed by atoms with Gasteiger partial charge in [0.1, 0.15) is 5.52 Å². The fourth-order valence-electron chi connectivity index (χ4n) is 8.46. The molecule has 12 rings (SSSR count). The van der Waals surface area contributed by atoms with Gasteiger partial charge in [-0.2, -0.15) is 0 Å². The number of thiophene rings is 1. The highest BCUT2D eigenvalue weighted by atomic mass is 32.1. The van der Waals surface area contributed by atoms with E-state index in [0.717, 1.165) is 87.4 Å². The summed E-state index contributed by atoms with van der Waals surface area (Å²) in [4.78, 5) is 20.7. The standard InChI is InChI=1S/C52H31N5OS/c1-4-15-32(16-5-1)49-54-50(38-23-13-27-43-46(38)37-21-10-11-26-42(37)57(43)35-19-8-3-9-20-35)56-51(55-49)39-24-14-28-45-47(39)40-31-34(29-30-44(40)59-45)36-22-12-25-41-48(36)58-52(53-41)33-17-6-2-7-18-33/h1-31H. The van der Waals surface area contributed by atoms with Gasteiger partial charge in [0, 0.05) is 64.4 Å². The van der Waals surface area contributed by atoms with Gasteiger partial charge in [-0.15, -0.1) is 11.3 Å². The zero-order valence-corrected chi connectivity index (χ0v) is 32.3. The lowest BCUT2D eigenvalue weighted by molar-refractivity contribution is 0.621. The van der Waals surface area contributed by atoms with Crippen molar-refractivity contribution >= 4 is 64.4 Å². The molecule has 0 aliphatic heterocycles. The summed E-state index contributed by atoms with van der Waals surface area (Å²) in [5, 5.41) is 4.48. The van der Waals surface area contributed by atoms with Crippen molar-refractivity contribution in [2.24, 2.45) is 0 Å². The Labute approximate surface area is 342 Å². The molecule has 6 nitrogen and oxygen atoms in total. The molecule has 0 amide bonds. The zero-order valence-electron chi connectivity index (χ0n) is 31.5. The first-order chi connectivity index (χ1) is 29.2. The molecule has 0 atom stereocenters. The first-order valence-electron chi connectivity index (χ1n) is 19.6. The summed E-state index contributed by atoms with van der Waals surface area (Å²) in [5.74, 6) is 2.48. The minimum absolute atomic E-state index is 0.609. The van der Waals surface area contributed by atoms with Crippen molar-refractivity contribution in [3.63, 3.8) is 0 Å². The Kier molecular flexibility index (Phi) is 7.61. The molecule has 0 bridgehead atoms. The third-order valence-corrected chi connectivity index (χ3v) is 12.2. The summed E-state index contributed by atoms with van der Waals surface area (Å²) >= 11 is 1.77. The average molecular weight is 774 g/mol. The number of rotatable bonds is 6. The molecule has 59 heavy (non-hydrogen) atoms. The molecular formula is C52H31N5OS. The molecular weight excluding hydrogens is 743 g/mol. The van der Waals surface area contributed by atoms with E-state index in [4.69, 9.17) is 24.4 Å². The van der Waals surface area contributed by atoms with E-state index in [-0.39, 0.29) is 0 Å². The average Bonchev–Trinajstić information content (AvgIpc) is 4.02. The van der Waals surface area contributed by atoms with Crippen molar-refractivity contribution in [3.8, 4) is 62.4 Å². The largest absolute Gasteiger partial charge is 0.435 e. The Morgan fingerprint density at radius 1 is 0.407 bits per heavy atom. The highest BCUT2D eigenvalue weighted by Crippen LogP contribution is 2.43. The van der Waals surface area contributed by atoms with Crippen LogP contribution in [0.5, 0.6) is 0 Å². The van der Waals surface area contributed by atoms with Crippen molar-refractivity contribution < 1.29 is 4.42 Å². The van der Waals surface area contributed by atoms with E-state index >= 15 is 0 Å². The first kappa shape index (κ1) is 33.4. The van der Waals surface area contributed by atoms with Gasteiger partial charge < -0.3 is 8.98 Å². The van der Waals surface area contributed by atoms with Crippen LogP contribution in [-0.4, -0.2) is 24.5 Å². The van der Waals surface area contributed by atoms with Crippen LogP contribution in [0.1, 0.15) is 0 Å². The number of hydrogen-bond acceptors (Lipinski definition) is 6. The molecule has 12 aromatic rings. The van der Waals surface area contributed by atoms with Crippen LogP contribution >= 0.6 is 11.3 Å². The lowest BCUT2D eigenvalue weighted by Gasteiger charge is -2.11. The Morgan fingerprint density at radius 3 is 1.83 bits per heavy atom. The zero-order chi connectivity index (χ0) is 38.9. The number of fused-ring (bicyclic) bond motifs is 7. The van der Waals surface area contributed by atoms with E-state index < -0.39 is 0 Å². The van der Waals surface area contributed by atoms with Crippen LogP contribution in [0.15, 0.2) is 192 Å². The predicted octanol–water partition coefficient (Wildman–Crippen LogP) is 13.8. The fraction of sp³-hybridized carbons (Fsp3) is 0. The van der Waals surface area contributed by atoms with Crippen molar-refractivity contribution in [1.29, 1.82) is 0 Å². The van der Waals surface area contributed by atoms with Gasteiger partial charge in [0.25, 0.3) is 0 Å². The van der Waals surface area contributed by atoms with Gasteiger partial charge in [-0.1, -0.05) is 127 Å². The van der Waals surface area contributed by atoms with E-state index in [1.54, 1.807) is 11.3 Å². The topological polar surface area (TPSA) is 69.6 Å². The molecule has 0 fully saturated rings. The van der Waals surface area contributed by atoms with E-state index in [9.17, 15) is 0 Å². The quantitative estimate of drug-likeness (QED) is 0.168. The fourth-order valence-corrected chi connectivity index (χ4v) is 9.57.